The van der Waals surface area contributed by atoms with Gasteiger partial charge in [0.05, 0.1) is 37.9 Å². The second kappa shape index (κ2) is 15.5. The second-order valence-corrected chi connectivity index (χ2v) is 11.0. The van der Waals surface area contributed by atoms with Crippen LogP contribution in [0.2, 0.25) is 10.0 Å². The summed E-state index contributed by atoms with van der Waals surface area (Å²) in [6, 6.07) is 10.5. The number of hydrogen-bond acceptors (Lipinski definition) is 9. The smallest absolute Gasteiger partial charge is 0.247 e. The van der Waals surface area contributed by atoms with E-state index in [0.29, 0.717) is 70.5 Å². The Kier molecular flexibility index (Phi) is 11.5. The minimum atomic E-state index is -0.385. The van der Waals surface area contributed by atoms with Crippen LogP contribution in [0, 0.1) is 5.92 Å². The molecule has 238 valence electrons. The lowest BCUT2D eigenvalue weighted by Crippen LogP contribution is -2.46. The molecule has 3 aromatic rings. The lowest BCUT2D eigenvalue weighted by Gasteiger charge is -2.35. The molecular weight excluding hydrogens is 617 g/mol. The van der Waals surface area contributed by atoms with Crippen molar-refractivity contribution in [2.45, 2.75) is 6.92 Å². The van der Waals surface area contributed by atoms with Crippen LogP contribution < -0.4 is 35.9 Å². The maximum atomic E-state index is 12.2. The monoisotopic (exact) mass is 653 g/mol. The van der Waals surface area contributed by atoms with Crippen molar-refractivity contribution in [3.05, 3.63) is 76.9 Å². The maximum absolute atomic E-state index is 12.2. The van der Waals surface area contributed by atoms with Crippen molar-refractivity contribution >= 4 is 63.5 Å². The van der Waals surface area contributed by atoms with Gasteiger partial charge in [0.2, 0.25) is 5.91 Å². The molecule has 45 heavy (non-hydrogen) atoms. The number of pyridine rings is 1. The number of amidine groups is 1. The number of nitrogens with zero attached hydrogens (tertiary/aromatic N) is 3. The van der Waals surface area contributed by atoms with Crippen LogP contribution in [0.4, 0.5) is 22.9 Å². The Morgan fingerprint density at radius 2 is 1.89 bits per heavy atom. The number of benzene rings is 2. The van der Waals surface area contributed by atoms with Crippen LogP contribution in [0.3, 0.4) is 0 Å². The van der Waals surface area contributed by atoms with Gasteiger partial charge in [-0.25, -0.2) is 9.98 Å². The maximum Gasteiger partial charge on any atom is 0.247 e. The first kappa shape index (κ1) is 33.4. The van der Waals surface area contributed by atoms with Gasteiger partial charge < -0.3 is 40.8 Å². The summed E-state index contributed by atoms with van der Waals surface area (Å²) in [6.45, 7) is 8.63. The summed E-state index contributed by atoms with van der Waals surface area (Å²) in [4.78, 5) is 23.6. The van der Waals surface area contributed by atoms with E-state index in [-0.39, 0.29) is 21.8 Å². The Bertz CT molecular complexity index is 1580. The highest BCUT2D eigenvalue weighted by molar-refractivity contribution is 6.41. The van der Waals surface area contributed by atoms with Gasteiger partial charge in [-0.05, 0) is 44.3 Å². The Balaban J connectivity index is 1.67. The number of aromatic nitrogens is 1. The highest BCUT2D eigenvalue weighted by atomic mass is 35.5. The molecule has 0 saturated carbocycles. The van der Waals surface area contributed by atoms with E-state index in [1.54, 1.807) is 42.6 Å². The Morgan fingerprint density at radius 1 is 1.18 bits per heavy atom. The van der Waals surface area contributed by atoms with E-state index >= 15 is 0 Å². The molecule has 5 N–H and O–H groups in total. The summed E-state index contributed by atoms with van der Waals surface area (Å²) in [5, 5.41) is 9.86. The van der Waals surface area contributed by atoms with Gasteiger partial charge in [-0.15, -0.1) is 0 Å². The first-order chi connectivity index (χ1) is 21.7. The first-order valence-electron chi connectivity index (χ1n) is 14.2. The summed E-state index contributed by atoms with van der Waals surface area (Å²) in [7, 11) is 5.07. The van der Waals surface area contributed by atoms with E-state index in [2.05, 4.69) is 44.5 Å². The van der Waals surface area contributed by atoms with Crippen LogP contribution in [0.5, 0.6) is 17.2 Å². The number of rotatable bonds is 14. The standard InChI is InChI=1S/C32H37Cl2N7O4/c1-6-28(42)39-24-13-20(45-18-19-16-41(3)17-19)10-11-22(24)38-27(35)14-23(36-7-2)21-9-8-12-37-32(21)40-31-29(33)25(43-4)15-26(44-5)30(31)34/h6,8-15,19,36H,1,7,16-18H2,2-5H3,(H2,35,38)(H,37,40)(H,39,42)/b23-14-. The molecule has 11 nitrogen and oxygen atoms in total. The number of nitrogens with one attached hydrogen (secondary N) is 3. The van der Waals surface area contributed by atoms with Crippen molar-refractivity contribution in [1.29, 1.82) is 0 Å². The SMILES string of the molecule is C=CC(=O)Nc1cc(OCC2CN(C)C2)ccc1N=C(N)/C=C(\NCC)c1cccnc1Nc1c(Cl)c(OC)cc(OC)c1Cl. The van der Waals surface area contributed by atoms with E-state index < -0.39 is 0 Å². The fourth-order valence-electron chi connectivity index (χ4n) is 4.70. The van der Waals surface area contributed by atoms with Gasteiger partial charge in [-0.2, -0.15) is 0 Å². The molecule has 1 saturated heterocycles. The predicted octanol–water partition coefficient (Wildman–Crippen LogP) is 5.85. The number of aliphatic imine (C=N–C) groups is 1. The Morgan fingerprint density at radius 3 is 2.51 bits per heavy atom. The van der Waals surface area contributed by atoms with Crippen LogP contribution in [-0.4, -0.2) is 69.1 Å². The molecule has 13 heteroatoms. The second-order valence-electron chi connectivity index (χ2n) is 10.2. The number of hydrogen-bond donors (Lipinski definition) is 4. The quantitative estimate of drug-likeness (QED) is 0.0959. The fraction of sp³-hybridized carbons (Fsp3) is 0.281. The molecule has 2 aromatic carbocycles. The molecule has 0 atom stereocenters. The van der Waals surface area contributed by atoms with Gasteiger partial charge in [0.15, 0.2) is 0 Å². The molecule has 0 aliphatic carbocycles. The largest absolute Gasteiger partial charge is 0.495 e. The third-order valence-electron chi connectivity index (χ3n) is 6.86. The van der Waals surface area contributed by atoms with Gasteiger partial charge in [0.1, 0.15) is 38.9 Å². The molecule has 1 aromatic heterocycles. The number of carbonyl (C=O) groups is 1. The average molecular weight is 655 g/mol. The molecule has 0 spiro atoms. The summed E-state index contributed by atoms with van der Waals surface area (Å²) in [6.07, 6.45) is 4.50. The lowest BCUT2D eigenvalue weighted by molar-refractivity contribution is -0.111. The molecule has 1 amide bonds. The molecule has 2 heterocycles. The summed E-state index contributed by atoms with van der Waals surface area (Å²) in [5.74, 6) is 2.06. The van der Waals surface area contributed by atoms with Gasteiger partial charge in [-0.1, -0.05) is 29.8 Å². The van der Waals surface area contributed by atoms with Crippen molar-refractivity contribution in [2.24, 2.45) is 16.6 Å². The van der Waals surface area contributed by atoms with Gasteiger partial charge in [0.25, 0.3) is 0 Å². The zero-order valence-electron chi connectivity index (χ0n) is 25.6. The third-order valence-corrected chi connectivity index (χ3v) is 7.61. The highest BCUT2D eigenvalue weighted by Gasteiger charge is 2.24. The van der Waals surface area contributed by atoms with E-state index in [9.17, 15) is 4.79 Å². The number of amides is 1. The average Bonchev–Trinajstić information content (AvgIpc) is 3.02. The van der Waals surface area contributed by atoms with Crippen molar-refractivity contribution in [1.82, 2.24) is 15.2 Å². The highest BCUT2D eigenvalue weighted by Crippen LogP contribution is 2.45. The lowest BCUT2D eigenvalue weighted by atomic mass is 10.0. The minimum absolute atomic E-state index is 0.167. The van der Waals surface area contributed by atoms with Crippen molar-refractivity contribution in [3.63, 3.8) is 0 Å². The van der Waals surface area contributed by atoms with E-state index in [4.69, 9.17) is 43.1 Å². The molecule has 0 radical (unpaired) electrons. The van der Waals surface area contributed by atoms with E-state index in [0.717, 1.165) is 13.1 Å². The van der Waals surface area contributed by atoms with Crippen LogP contribution in [0.25, 0.3) is 5.70 Å². The summed E-state index contributed by atoms with van der Waals surface area (Å²) >= 11 is 13.2. The normalized spacial score (nSPS) is 13.9. The minimum Gasteiger partial charge on any atom is -0.495 e. The number of anilines is 3. The van der Waals surface area contributed by atoms with Crippen molar-refractivity contribution in [2.75, 3.05) is 58.1 Å². The third kappa shape index (κ3) is 8.39. The first-order valence-corrected chi connectivity index (χ1v) is 14.9. The van der Waals surface area contributed by atoms with Crippen LogP contribution in [0.1, 0.15) is 12.5 Å². The molecule has 4 rings (SSSR count). The molecular formula is C32H37Cl2N7O4. The predicted molar refractivity (Wildman–Crippen MR) is 182 cm³/mol. The zero-order valence-corrected chi connectivity index (χ0v) is 27.1. The summed E-state index contributed by atoms with van der Waals surface area (Å²) in [5.41, 5.74) is 8.98. The molecule has 1 aliphatic heterocycles. The van der Waals surface area contributed by atoms with Gasteiger partial charge in [-0.3, -0.25) is 4.79 Å². The molecule has 0 bridgehead atoms. The number of halogens is 2. The van der Waals surface area contributed by atoms with E-state index in [1.807, 2.05) is 13.0 Å². The molecule has 1 aliphatic rings. The topological polar surface area (TPSA) is 135 Å². The number of nitrogens with two attached hydrogens (primary N) is 1. The summed E-state index contributed by atoms with van der Waals surface area (Å²) < 4.78 is 16.8. The number of carbonyl (C=O) groups excluding carboxylic acids is 1. The van der Waals surface area contributed by atoms with Gasteiger partial charge in [0, 0.05) is 61.2 Å². The van der Waals surface area contributed by atoms with Crippen LogP contribution >= 0.6 is 23.2 Å². The van der Waals surface area contributed by atoms with E-state index in [1.165, 1.54) is 20.3 Å². The van der Waals surface area contributed by atoms with Crippen molar-refractivity contribution in [3.8, 4) is 17.2 Å². The number of methoxy groups -OCH3 is 2. The Labute approximate surface area is 273 Å². The molecule has 0 unspecified atom stereocenters. The van der Waals surface area contributed by atoms with Crippen LogP contribution in [0.15, 0.2) is 66.3 Å². The number of likely N-dealkylation sites (tertiary alicyclic amines) is 1. The fourth-order valence-corrected chi connectivity index (χ4v) is 5.30. The van der Waals surface area contributed by atoms with Crippen LogP contribution in [-0.2, 0) is 4.79 Å². The van der Waals surface area contributed by atoms with Crippen molar-refractivity contribution < 1.29 is 19.0 Å². The Hall–Kier alpha value is -4.45. The zero-order chi connectivity index (χ0) is 32.5. The van der Waals surface area contributed by atoms with Gasteiger partial charge >= 0.3 is 0 Å². The number of ether oxygens (including phenoxy) is 3. The molecule has 1 fully saturated rings.